The van der Waals surface area contributed by atoms with Gasteiger partial charge >= 0.3 is 5.97 Å². The third-order valence-electron chi connectivity index (χ3n) is 3.14. The van der Waals surface area contributed by atoms with E-state index in [1.54, 1.807) is 11.8 Å². The summed E-state index contributed by atoms with van der Waals surface area (Å²) in [4.78, 5) is 12.9. The number of halogens is 2. The maximum atomic E-state index is 13.2. The third kappa shape index (κ3) is 4.09. The predicted octanol–water partition coefficient (Wildman–Crippen LogP) is 2.87. The van der Waals surface area contributed by atoms with Crippen molar-refractivity contribution in [3.63, 3.8) is 0 Å². The number of carboxylic acid groups (broad SMARTS) is 1. The van der Waals surface area contributed by atoms with Crippen molar-refractivity contribution in [1.82, 2.24) is 4.90 Å². The molecular formula is C13H15ClFNO2S. The molecule has 0 spiro atoms. The van der Waals surface area contributed by atoms with Crippen LogP contribution in [-0.4, -0.2) is 40.1 Å². The molecule has 1 unspecified atom stereocenters. The summed E-state index contributed by atoms with van der Waals surface area (Å²) >= 11 is 7.81. The molecule has 0 bridgehead atoms. The first-order chi connectivity index (χ1) is 9.06. The molecule has 1 heterocycles. The molecule has 1 aliphatic heterocycles. The minimum Gasteiger partial charge on any atom is -0.481 e. The first-order valence-electron chi connectivity index (χ1n) is 6.04. The average Bonchev–Trinajstić information content (AvgIpc) is 2.35. The number of carboxylic acids is 1. The van der Waals surface area contributed by atoms with Gasteiger partial charge in [-0.1, -0.05) is 11.6 Å². The van der Waals surface area contributed by atoms with E-state index >= 15 is 0 Å². The number of nitrogens with zero attached hydrogens (tertiary/aromatic N) is 1. The molecule has 0 saturated carbocycles. The Morgan fingerprint density at radius 3 is 3.11 bits per heavy atom. The molecule has 1 N–H and O–H groups in total. The van der Waals surface area contributed by atoms with E-state index in [1.165, 1.54) is 18.2 Å². The van der Waals surface area contributed by atoms with Crippen LogP contribution in [0, 0.1) is 5.82 Å². The number of thioether (sulfide) groups is 1. The van der Waals surface area contributed by atoms with E-state index in [1.807, 2.05) is 0 Å². The molecule has 0 aliphatic carbocycles. The van der Waals surface area contributed by atoms with Crippen LogP contribution in [0.15, 0.2) is 18.2 Å². The van der Waals surface area contributed by atoms with Gasteiger partial charge in [-0.15, -0.1) is 0 Å². The SMILES string of the molecule is O=C(O)CC1CSCCN1Cc1cc(F)ccc1Cl. The second kappa shape index (κ2) is 6.59. The van der Waals surface area contributed by atoms with Gasteiger partial charge < -0.3 is 5.11 Å². The maximum Gasteiger partial charge on any atom is 0.304 e. The van der Waals surface area contributed by atoms with Crippen LogP contribution in [0.1, 0.15) is 12.0 Å². The molecular weight excluding hydrogens is 289 g/mol. The van der Waals surface area contributed by atoms with Gasteiger partial charge in [-0.3, -0.25) is 9.69 Å². The van der Waals surface area contributed by atoms with Gasteiger partial charge in [0.1, 0.15) is 5.82 Å². The van der Waals surface area contributed by atoms with E-state index in [0.717, 1.165) is 18.1 Å². The summed E-state index contributed by atoms with van der Waals surface area (Å²) in [5.74, 6) is 0.630. The van der Waals surface area contributed by atoms with Gasteiger partial charge in [0, 0.05) is 35.7 Å². The molecule has 0 amide bonds. The van der Waals surface area contributed by atoms with Crippen LogP contribution in [0.3, 0.4) is 0 Å². The van der Waals surface area contributed by atoms with Gasteiger partial charge in [0.15, 0.2) is 0 Å². The molecule has 2 rings (SSSR count). The molecule has 3 nitrogen and oxygen atoms in total. The minimum absolute atomic E-state index is 0.0180. The summed E-state index contributed by atoms with van der Waals surface area (Å²) < 4.78 is 13.2. The first-order valence-corrected chi connectivity index (χ1v) is 7.57. The Morgan fingerprint density at radius 1 is 1.58 bits per heavy atom. The lowest BCUT2D eigenvalue weighted by Gasteiger charge is -2.34. The van der Waals surface area contributed by atoms with Crippen LogP contribution in [-0.2, 0) is 11.3 Å². The number of benzene rings is 1. The third-order valence-corrected chi connectivity index (χ3v) is 4.60. The van der Waals surface area contributed by atoms with Crippen molar-refractivity contribution in [2.75, 3.05) is 18.1 Å². The molecule has 1 saturated heterocycles. The Kier molecular flexibility index (Phi) is 5.07. The Morgan fingerprint density at radius 2 is 2.37 bits per heavy atom. The lowest BCUT2D eigenvalue weighted by molar-refractivity contribution is -0.138. The molecule has 104 valence electrons. The Bertz CT molecular complexity index is 472. The Hall–Kier alpha value is -0.780. The summed E-state index contributed by atoms with van der Waals surface area (Å²) in [7, 11) is 0. The molecule has 0 aromatic heterocycles. The van der Waals surface area contributed by atoms with Crippen molar-refractivity contribution in [3.05, 3.63) is 34.6 Å². The summed E-state index contributed by atoms with van der Waals surface area (Å²) in [6.45, 7) is 1.30. The largest absolute Gasteiger partial charge is 0.481 e. The van der Waals surface area contributed by atoms with E-state index in [4.69, 9.17) is 16.7 Å². The minimum atomic E-state index is -0.803. The van der Waals surface area contributed by atoms with Crippen LogP contribution < -0.4 is 0 Å². The van der Waals surface area contributed by atoms with E-state index in [-0.39, 0.29) is 18.3 Å². The topological polar surface area (TPSA) is 40.5 Å². The zero-order chi connectivity index (χ0) is 13.8. The highest BCUT2D eigenvalue weighted by Gasteiger charge is 2.25. The molecule has 19 heavy (non-hydrogen) atoms. The lowest BCUT2D eigenvalue weighted by Crippen LogP contribution is -2.43. The summed E-state index contributed by atoms with van der Waals surface area (Å²) in [5, 5.41) is 9.45. The molecule has 0 radical (unpaired) electrons. The second-order valence-electron chi connectivity index (χ2n) is 4.53. The van der Waals surface area contributed by atoms with Crippen molar-refractivity contribution < 1.29 is 14.3 Å². The van der Waals surface area contributed by atoms with E-state index in [9.17, 15) is 9.18 Å². The normalized spacial score (nSPS) is 20.4. The van der Waals surface area contributed by atoms with Crippen molar-refractivity contribution in [1.29, 1.82) is 0 Å². The van der Waals surface area contributed by atoms with E-state index in [2.05, 4.69) is 4.90 Å². The fourth-order valence-corrected chi connectivity index (χ4v) is 3.48. The standard InChI is InChI=1S/C13H15ClFNO2S/c14-12-2-1-10(15)5-9(12)7-16-3-4-19-8-11(16)6-13(17)18/h1-2,5,11H,3-4,6-8H2,(H,17,18). The Balaban J connectivity index is 2.10. The molecule has 6 heteroatoms. The van der Waals surface area contributed by atoms with Crippen molar-refractivity contribution in [2.24, 2.45) is 0 Å². The van der Waals surface area contributed by atoms with E-state index < -0.39 is 5.97 Å². The van der Waals surface area contributed by atoms with Crippen LogP contribution in [0.2, 0.25) is 5.02 Å². The Labute approximate surface area is 120 Å². The van der Waals surface area contributed by atoms with Gasteiger partial charge in [0.25, 0.3) is 0 Å². The molecule has 1 atom stereocenters. The summed E-state index contributed by atoms with van der Waals surface area (Å²) in [6, 6.07) is 4.27. The molecule has 1 fully saturated rings. The highest BCUT2D eigenvalue weighted by atomic mass is 35.5. The fourth-order valence-electron chi connectivity index (χ4n) is 2.17. The zero-order valence-electron chi connectivity index (χ0n) is 10.3. The monoisotopic (exact) mass is 303 g/mol. The van der Waals surface area contributed by atoms with Crippen LogP contribution in [0.5, 0.6) is 0 Å². The predicted molar refractivity (Wildman–Crippen MR) is 75.2 cm³/mol. The van der Waals surface area contributed by atoms with Gasteiger partial charge in [-0.05, 0) is 23.8 Å². The number of aliphatic carboxylic acids is 1. The highest BCUT2D eigenvalue weighted by molar-refractivity contribution is 7.99. The fraction of sp³-hybridized carbons (Fsp3) is 0.462. The van der Waals surface area contributed by atoms with Crippen LogP contribution in [0.4, 0.5) is 4.39 Å². The van der Waals surface area contributed by atoms with Crippen molar-refractivity contribution in [2.45, 2.75) is 19.0 Å². The van der Waals surface area contributed by atoms with Gasteiger partial charge in [-0.2, -0.15) is 11.8 Å². The summed E-state index contributed by atoms with van der Waals surface area (Å²) in [6.07, 6.45) is 0.111. The van der Waals surface area contributed by atoms with E-state index in [0.29, 0.717) is 17.1 Å². The smallest absolute Gasteiger partial charge is 0.304 e. The van der Waals surface area contributed by atoms with Crippen LogP contribution in [0.25, 0.3) is 0 Å². The lowest BCUT2D eigenvalue weighted by atomic mass is 10.1. The zero-order valence-corrected chi connectivity index (χ0v) is 11.9. The second-order valence-corrected chi connectivity index (χ2v) is 6.09. The average molecular weight is 304 g/mol. The van der Waals surface area contributed by atoms with Crippen molar-refractivity contribution in [3.8, 4) is 0 Å². The first kappa shape index (κ1) is 14.6. The van der Waals surface area contributed by atoms with Gasteiger partial charge in [0.2, 0.25) is 0 Å². The summed E-state index contributed by atoms with van der Waals surface area (Å²) in [5.41, 5.74) is 0.712. The number of hydrogen-bond donors (Lipinski definition) is 1. The number of hydrogen-bond acceptors (Lipinski definition) is 3. The quantitative estimate of drug-likeness (QED) is 0.928. The molecule has 1 aliphatic rings. The molecule has 1 aromatic rings. The van der Waals surface area contributed by atoms with Gasteiger partial charge in [-0.25, -0.2) is 4.39 Å². The van der Waals surface area contributed by atoms with Gasteiger partial charge in [0.05, 0.1) is 6.42 Å². The van der Waals surface area contributed by atoms with Crippen molar-refractivity contribution >= 4 is 29.3 Å². The van der Waals surface area contributed by atoms with Crippen LogP contribution >= 0.6 is 23.4 Å². The number of carbonyl (C=O) groups is 1. The number of rotatable bonds is 4. The molecule has 1 aromatic carbocycles. The maximum absolute atomic E-state index is 13.2. The highest BCUT2D eigenvalue weighted by Crippen LogP contribution is 2.24.